The number of H-pyrrole nitrogens is 1. The maximum absolute atomic E-state index is 11.9. The Labute approximate surface area is 133 Å². The van der Waals surface area contributed by atoms with E-state index in [1.807, 2.05) is 37.3 Å². The van der Waals surface area contributed by atoms with Crippen LogP contribution in [-0.2, 0) is 16.1 Å². The Morgan fingerprint density at radius 2 is 2.13 bits per heavy atom. The van der Waals surface area contributed by atoms with Crippen molar-refractivity contribution < 1.29 is 9.53 Å². The molecule has 23 heavy (non-hydrogen) atoms. The molecule has 3 rings (SSSR count). The van der Waals surface area contributed by atoms with Crippen molar-refractivity contribution in [3.05, 3.63) is 48.4 Å². The van der Waals surface area contributed by atoms with Crippen LogP contribution in [0.5, 0.6) is 0 Å². The van der Waals surface area contributed by atoms with Gasteiger partial charge in [-0.25, -0.2) is 9.97 Å². The number of carbonyl (C=O) groups excluding carboxylic acids is 1. The van der Waals surface area contributed by atoms with Crippen molar-refractivity contribution >= 4 is 22.8 Å². The van der Waals surface area contributed by atoms with Gasteiger partial charge in [-0.15, -0.1) is 0 Å². The molecule has 7 heteroatoms. The minimum atomic E-state index is -0.258. The van der Waals surface area contributed by atoms with E-state index in [0.29, 0.717) is 11.5 Å². The molecular weight excluding hydrogens is 294 g/mol. The molecule has 0 amide bonds. The third-order valence-electron chi connectivity index (χ3n) is 3.35. The monoisotopic (exact) mass is 311 g/mol. The smallest absolute Gasteiger partial charge is 0.308 e. The Balaban J connectivity index is 1.53. The highest BCUT2D eigenvalue weighted by molar-refractivity contribution is 5.85. The van der Waals surface area contributed by atoms with Gasteiger partial charge in [-0.05, 0) is 12.5 Å². The van der Waals surface area contributed by atoms with E-state index in [1.54, 1.807) is 6.20 Å². The minimum Gasteiger partial charge on any atom is -0.461 e. The summed E-state index contributed by atoms with van der Waals surface area (Å²) in [7, 11) is 0. The second-order valence-electron chi connectivity index (χ2n) is 5.25. The minimum absolute atomic E-state index is 0.119. The molecule has 0 spiro atoms. The van der Waals surface area contributed by atoms with Gasteiger partial charge in [-0.3, -0.25) is 9.89 Å². The van der Waals surface area contributed by atoms with E-state index >= 15 is 0 Å². The summed E-state index contributed by atoms with van der Waals surface area (Å²) >= 11 is 0. The molecule has 1 unspecified atom stereocenters. The molecule has 118 valence electrons. The van der Waals surface area contributed by atoms with Crippen molar-refractivity contribution in [3.63, 3.8) is 0 Å². The van der Waals surface area contributed by atoms with Crippen molar-refractivity contribution in [2.45, 2.75) is 26.0 Å². The van der Waals surface area contributed by atoms with E-state index in [4.69, 9.17) is 4.74 Å². The van der Waals surface area contributed by atoms with Gasteiger partial charge in [-0.1, -0.05) is 30.3 Å². The lowest BCUT2D eigenvalue weighted by Crippen LogP contribution is -2.21. The van der Waals surface area contributed by atoms with E-state index in [9.17, 15) is 4.79 Å². The summed E-state index contributed by atoms with van der Waals surface area (Å²) in [6, 6.07) is 9.48. The fourth-order valence-electron chi connectivity index (χ4n) is 2.21. The number of ether oxygens (including phenoxy) is 1. The van der Waals surface area contributed by atoms with Crippen LogP contribution in [0.2, 0.25) is 0 Å². The normalized spacial score (nSPS) is 12.0. The van der Waals surface area contributed by atoms with Gasteiger partial charge in [0.25, 0.3) is 0 Å². The average molecular weight is 311 g/mol. The highest BCUT2D eigenvalue weighted by Gasteiger charge is 2.13. The zero-order valence-electron chi connectivity index (χ0n) is 12.7. The summed E-state index contributed by atoms with van der Waals surface area (Å²) in [6.45, 7) is 2.18. The standard InChI is InChI=1S/C16H17N5O2/c1-11(7-14(22)23-9-12-5-3-2-4-6-12)20-15-13-8-19-21-16(13)18-10-17-15/h2-6,8,10-11H,7,9H2,1H3,(H2,17,18,19,20,21). The van der Waals surface area contributed by atoms with Gasteiger partial charge in [0.05, 0.1) is 18.0 Å². The molecule has 0 saturated heterocycles. The lowest BCUT2D eigenvalue weighted by molar-refractivity contribution is -0.145. The van der Waals surface area contributed by atoms with Gasteiger partial charge >= 0.3 is 5.97 Å². The van der Waals surface area contributed by atoms with E-state index in [1.165, 1.54) is 6.33 Å². The topological polar surface area (TPSA) is 92.8 Å². The van der Waals surface area contributed by atoms with Crippen molar-refractivity contribution in [2.75, 3.05) is 5.32 Å². The summed E-state index contributed by atoms with van der Waals surface area (Å²) in [6.07, 6.45) is 3.34. The highest BCUT2D eigenvalue weighted by atomic mass is 16.5. The van der Waals surface area contributed by atoms with E-state index in [0.717, 1.165) is 10.9 Å². The van der Waals surface area contributed by atoms with Gasteiger partial charge in [0.1, 0.15) is 18.8 Å². The molecule has 0 aliphatic heterocycles. The van der Waals surface area contributed by atoms with Crippen LogP contribution in [0, 0.1) is 0 Å². The van der Waals surface area contributed by atoms with Crippen LogP contribution in [0.25, 0.3) is 11.0 Å². The average Bonchev–Trinajstić information content (AvgIpc) is 3.03. The number of nitrogens with one attached hydrogen (secondary N) is 2. The van der Waals surface area contributed by atoms with Crippen LogP contribution >= 0.6 is 0 Å². The Bertz CT molecular complexity index is 787. The third kappa shape index (κ3) is 3.82. The number of rotatable bonds is 6. The van der Waals surface area contributed by atoms with Gasteiger partial charge in [0.15, 0.2) is 5.65 Å². The van der Waals surface area contributed by atoms with Crippen LogP contribution in [0.4, 0.5) is 5.82 Å². The van der Waals surface area contributed by atoms with Gasteiger partial charge in [0.2, 0.25) is 0 Å². The quantitative estimate of drug-likeness (QED) is 0.678. The van der Waals surface area contributed by atoms with Gasteiger partial charge in [-0.2, -0.15) is 5.10 Å². The first-order chi connectivity index (χ1) is 11.2. The highest BCUT2D eigenvalue weighted by Crippen LogP contribution is 2.17. The fraction of sp³-hybridized carbons (Fsp3) is 0.250. The zero-order chi connectivity index (χ0) is 16.1. The van der Waals surface area contributed by atoms with Crippen LogP contribution in [-0.4, -0.2) is 32.2 Å². The van der Waals surface area contributed by atoms with E-state index in [2.05, 4.69) is 25.5 Å². The van der Waals surface area contributed by atoms with E-state index in [-0.39, 0.29) is 25.0 Å². The Morgan fingerprint density at radius 1 is 1.30 bits per heavy atom. The van der Waals surface area contributed by atoms with Crippen LogP contribution in [0.1, 0.15) is 18.9 Å². The maximum Gasteiger partial charge on any atom is 0.308 e. The molecule has 0 aliphatic carbocycles. The lowest BCUT2D eigenvalue weighted by atomic mass is 10.2. The molecule has 2 aromatic heterocycles. The number of hydrogen-bond acceptors (Lipinski definition) is 6. The molecule has 2 heterocycles. The molecule has 2 N–H and O–H groups in total. The Kier molecular flexibility index (Phi) is 4.46. The summed E-state index contributed by atoms with van der Waals surface area (Å²) < 4.78 is 5.28. The van der Waals surface area contributed by atoms with Crippen LogP contribution in [0.15, 0.2) is 42.9 Å². The molecular formula is C16H17N5O2. The predicted molar refractivity (Wildman–Crippen MR) is 85.6 cm³/mol. The van der Waals surface area contributed by atoms with E-state index < -0.39 is 0 Å². The summed E-state index contributed by atoms with van der Waals surface area (Å²) in [5, 5.41) is 10.7. The van der Waals surface area contributed by atoms with Gasteiger partial charge < -0.3 is 10.1 Å². The second-order valence-corrected chi connectivity index (χ2v) is 5.25. The molecule has 0 bridgehead atoms. The predicted octanol–water partition coefficient (Wildman–Crippen LogP) is 2.29. The van der Waals surface area contributed by atoms with Crippen molar-refractivity contribution in [1.29, 1.82) is 0 Å². The molecule has 7 nitrogen and oxygen atoms in total. The van der Waals surface area contributed by atoms with Crippen molar-refractivity contribution in [2.24, 2.45) is 0 Å². The summed E-state index contributed by atoms with van der Waals surface area (Å²) in [5.41, 5.74) is 1.62. The third-order valence-corrected chi connectivity index (χ3v) is 3.35. The van der Waals surface area contributed by atoms with Crippen molar-refractivity contribution in [1.82, 2.24) is 20.2 Å². The van der Waals surface area contributed by atoms with Crippen molar-refractivity contribution in [3.8, 4) is 0 Å². The molecule has 1 aromatic carbocycles. The lowest BCUT2D eigenvalue weighted by Gasteiger charge is -2.14. The number of aromatic nitrogens is 4. The number of carbonyl (C=O) groups is 1. The molecule has 0 aliphatic rings. The Hall–Kier alpha value is -2.96. The number of benzene rings is 1. The summed E-state index contributed by atoms with van der Waals surface area (Å²) in [4.78, 5) is 20.2. The SMILES string of the molecule is CC(CC(=O)OCc1ccccc1)Nc1ncnc2[nH]ncc12. The first-order valence-electron chi connectivity index (χ1n) is 7.32. The number of esters is 1. The van der Waals surface area contributed by atoms with Gasteiger partial charge in [0, 0.05) is 6.04 Å². The Morgan fingerprint density at radius 3 is 2.96 bits per heavy atom. The number of hydrogen-bond donors (Lipinski definition) is 2. The first kappa shape index (κ1) is 15.0. The molecule has 0 fully saturated rings. The van der Waals surface area contributed by atoms with Crippen LogP contribution in [0.3, 0.4) is 0 Å². The largest absolute Gasteiger partial charge is 0.461 e. The number of fused-ring (bicyclic) bond motifs is 1. The molecule has 0 radical (unpaired) electrons. The maximum atomic E-state index is 11.9. The molecule has 1 atom stereocenters. The molecule has 0 saturated carbocycles. The fourth-order valence-corrected chi connectivity index (χ4v) is 2.21. The second kappa shape index (κ2) is 6.87. The van der Waals surface area contributed by atoms with Crippen LogP contribution < -0.4 is 5.32 Å². The number of nitrogens with zero attached hydrogens (tertiary/aromatic N) is 3. The number of aromatic amines is 1. The first-order valence-corrected chi connectivity index (χ1v) is 7.32. The summed E-state index contributed by atoms with van der Waals surface area (Å²) in [5.74, 6) is 0.387. The molecule has 3 aromatic rings. The zero-order valence-corrected chi connectivity index (χ0v) is 12.7. The number of anilines is 1.